The van der Waals surface area contributed by atoms with Crippen LogP contribution in [0.25, 0.3) is 0 Å². The lowest BCUT2D eigenvalue weighted by Gasteiger charge is -2.08. The summed E-state index contributed by atoms with van der Waals surface area (Å²) in [6.07, 6.45) is 8.10. The fraction of sp³-hybridized carbons (Fsp3) is 0.538. The molecule has 1 nitrogen and oxygen atoms in total. The van der Waals surface area contributed by atoms with Crippen LogP contribution in [0.15, 0.2) is 35.6 Å². The van der Waals surface area contributed by atoms with Crippen molar-refractivity contribution < 1.29 is 0 Å². The molecule has 0 aromatic heterocycles. The number of rotatable bonds is 4. The van der Waals surface area contributed by atoms with Crippen molar-refractivity contribution >= 4 is 0 Å². The van der Waals surface area contributed by atoms with Gasteiger partial charge in [0.15, 0.2) is 0 Å². The van der Waals surface area contributed by atoms with Crippen LogP contribution in [0.1, 0.15) is 34.6 Å². The largest absolute Gasteiger partial charge is 0.404 e. The molecule has 0 saturated heterocycles. The number of hydrogen-bond donors (Lipinski definition) is 1. The predicted octanol–water partition coefficient (Wildman–Crippen LogP) is 3.64. The molecule has 0 amide bonds. The average Bonchev–Trinajstić information content (AvgIpc) is 2.11. The van der Waals surface area contributed by atoms with E-state index in [0.717, 1.165) is 0 Å². The maximum absolute atomic E-state index is 5.54. The van der Waals surface area contributed by atoms with Gasteiger partial charge in [-0.3, -0.25) is 0 Å². The first-order valence-corrected chi connectivity index (χ1v) is 5.29. The third-order valence-electron chi connectivity index (χ3n) is 2.33. The Kier molecular flexibility index (Phi) is 6.02. The van der Waals surface area contributed by atoms with E-state index in [4.69, 9.17) is 5.73 Å². The van der Waals surface area contributed by atoms with Crippen molar-refractivity contribution in [1.82, 2.24) is 0 Å². The highest BCUT2D eigenvalue weighted by Crippen LogP contribution is 2.15. The molecule has 0 unspecified atom stereocenters. The summed E-state index contributed by atoms with van der Waals surface area (Å²) in [6.45, 7) is 10.8. The van der Waals surface area contributed by atoms with E-state index in [-0.39, 0.29) is 0 Å². The van der Waals surface area contributed by atoms with Crippen LogP contribution in [0.5, 0.6) is 0 Å². The standard InChI is InChI=1S/C13H23N/c1-6-12(10(2)3)7-8-13(9-14)11(4)5/h6-11H,14H2,1-5H3/b8-7-,12-6+,13-9+. The van der Waals surface area contributed by atoms with E-state index in [0.29, 0.717) is 11.8 Å². The van der Waals surface area contributed by atoms with Gasteiger partial charge in [-0.25, -0.2) is 0 Å². The topological polar surface area (TPSA) is 26.0 Å². The van der Waals surface area contributed by atoms with E-state index >= 15 is 0 Å². The van der Waals surface area contributed by atoms with Gasteiger partial charge >= 0.3 is 0 Å². The fourth-order valence-corrected chi connectivity index (χ4v) is 1.25. The molecule has 0 aliphatic carbocycles. The molecule has 2 N–H and O–H groups in total. The van der Waals surface area contributed by atoms with E-state index in [1.165, 1.54) is 11.1 Å². The van der Waals surface area contributed by atoms with Gasteiger partial charge in [-0.15, -0.1) is 0 Å². The number of allylic oxidation sites excluding steroid dienone is 5. The van der Waals surface area contributed by atoms with Crippen LogP contribution in [0.4, 0.5) is 0 Å². The lowest BCUT2D eigenvalue weighted by molar-refractivity contribution is 0.777. The van der Waals surface area contributed by atoms with Gasteiger partial charge < -0.3 is 5.73 Å². The van der Waals surface area contributed by atoms with Crippen molar-refractivity contribution in [2.45, 2.75) is 34.6 Å². The van der Waals surface area contributed by atoms with Crippen molar-refractivity contribution in [2.75, 3.05) is 0 Å². The Labute approximate surface area is 88.4 Å². The first-order valence-electron chi connectivity index (χ1n) is 5.29. The summed E-state index contributed by atoms with van der Waals surface area (Å²) in [4.78, 5) is 0. The molecule has 0 aliphatic heterocycles. The molecule has 1 heteroatoms. The monoisotopic (exact) mass is 193 g/mol. The number of hydrogen-bond acceptors (Lipinski definition) is 1. The van der Waals surface area contributed by atoms with Gasteiger partial charge in [-0.05, 0) is 36.1 Å². The Morgan fingerprint density at radius 1 is 0.929 bits per heavy atom. The first-order chi connectivity index (χ1) is 6.52. The summed E-state index contributed by atoms with van der Waals surface area (Å²) >= 11 is 0. The van der Waals surface area contributed by atoms with Crippen LogP contribution >= 0.6 is 0 Å². The smallest absolute Gasteiger partial charge is 0.00271 e. The van der Waals surface area contributed by atoms with Gasteiger partial charge in [-0.2, -0.15) is 0 Å². The van der Waals surface area contributed by atoms with Crippen LogP contribution < -0.4 is 5.73 Å². The fourth-order valence-electron chi connectivity index (χ4n) is 1.25. The maximum Gasteiger partial charge on any atom is -0.00271 e. The Balaban J connectivity index is 4.57. The van der Waals surface area contributed by atoms with Crippen molar-refractivity contribution in [2.24, 2.45) is 17.6 Å². The SMILES string of the molecule is C\C=C(/C=C\C(=C/N)C(C)C)C(C)C. The zero-order valence-electron chi connectivity index (χ0n) is 10.0. The lowest BCUT2D eigenvalue weighted by Crippen LogP contribution is -1.96. The third kappa shape index (κ3) is 4.31. The predicted molar refractivity (Wildman–Crippen MR) is 64.8 cm³/mol. The second-order valence-electron chi connectivity index (χ2n) is 4.10. The minimum Gasteiger partial charge on any atom is -0.404 e. The van der Waals surface area contributed by atoms with Gasteiger partial charge in [0.2, 0.25) is 0 Å². The van der Waals surface area contributed by atoms with Gasteiger partial charge in [-0.1, -0.05) is 45.9 Å². The molecular weight excluding hydrogens is 170 g/mol. The van der Waals surface area contributed by atoms with Crippen LogP contribution in [-0.2, 0) is 0 Å². The Morgan fingerprint density at radius 3 is 1.64 bits per heavy atom. The lowest BCUT2D eigenvalue weighted by atomic mass is 9.99. The van der Waals surface area contributed by atoms with E-state index in [2.05, 4.69) is 52.8 Å². The highest BCUT2D eigenvalue weighted by atomic mass is 14.5. The minimum absolute atomic E-state index is 0.488. The zero-order chi connectivity index (χ0) is 11.1. The Hall–Kier alpha value is -0.980. The molecule has 0 fully saturated rings. The molecule has 0 heterocycles. The van der Waals surface area contributed by atoms with E-state index in [9.17, 15) is 0 Å². The normalized spacial score (nSPS) is 14.8. The molecule has 14 heavy (non-hydrogen) atoms. The van der Waals surface area contributed by atoms with Crippen molar-refractivity contribution in [3.05, 3.63) is 35.6 Å². The van der Waals surface area contributed by atoms with Gasteiger partial charge in [0, 0.05) is 0 Å². The molecule has 0 aliphatic rings. The molecule has 80 valence electrons. The summed E-state index contributed by atoms with van der Waals surface area (Å²) in [5, 5.41) is 0. The molecule has 0 aromatic rings. The molecule has 0 bridgehead atoms. The summed E-state index contributed by atoms with van der Waals surface area (Å²) in [7, 11) is 0. The van der Waals surface area contributed by atoms with E-state index < -0.39 is 0 Å². The first kappa shape index (κ1) is 13.0. The highest BCUT2D eigenvalue weighted by Gasteiger charge is 2.00. The minimum atomic E-state index is 0.488. The molecule has 0 spiro atoms. The molecule has 0 rings (SSSR count). The summed E-state index contributed by atoms with van der Waals surface area (Å²) < 4.78 is 0. The Bertz CT molecular complexity index is 216. The summed E-state index contributed by atoms with van der Waals surface area (Å²) in [5.74, 6) is 1.06. The van der Waals surface area contributed by atoms with Crippen LogP contribution in [-0.4, -0.2) is 0 Å². The maximum atomic E-state index is 5.54. The molecule has 0 saturated carbocycles. The molecule has 0 radical (unpaired) electrons. The van der Waals surface area contributed by atoms with Gasteiger partial charge in [0.1, 0.15) is 0 Å². The quantitative estimate of drug-likeness (QED) is 0.678. The summed E-state index contributed by atoms with van der Waals surface area (Å²) in [5.41, 5.74) is 8.08. The van der Waals surface area contributed by atoms with Crippen molar-refractivity contribution in [1.29, 1.82) is 0 Å². The van der Waals surface area contributed by atoms with Gasteiger partial charge in [0.25, 0.3) is 0 Å². The second kappa shape index (κ2) is 6.47. The third-order valence-corrected chi connectivity index (χ3v) is 2.33. The van der Waals surface area contributed by atoms with Gasteiger partial charge in [0.05, 0.1) is 0 Å². The van der Waals surface area contributed by atoms with Crippen LogP contribution in [0, 0.1) is 11.8 Å². The van der Waals surface area contributed by atoms with Crippen LogP contribution in [0.2, 0.25) is 0 Å². The number of nitrogens with two attached hydrogens (primary N) is 1. The Morgan fingerprint density at radius 2 is 1.36 bits per heavy atom. The summed E-state index contributed by atoms with van der Waals surface area (Å²) in [6, 6.07) is 0. The van der Waals surface area contributed by atoms with Crippen LogP contribution in [0.3, 0.4) is 0 Å². The van der Waals surface area contributed by atoms with Crippen molar-refractivity contribution in [3.63, 3.8) is 0 Å². The molecular formula is C13H23N. The molecule has 0 atom stereocenters. The highest BCUT2D eigenvalue weighted by molar-refractivity contribution is 5.29. The van der Waals surface area contributed by atoms with E-state index in [1.54, 1.807) is 6.20 Å². The molecule has 0 aromatic carbocycles. The van der Waals surface area contributed by atoms with Crippen molar-refractivity contribution in [3.8, 4) is 0 Å². The average molecular weight is 193 g/mol. The second-order valence-corrected chi connectivity index (χ2v) is 4.10. The van der Waals surface area contributed by atoms with E-state index in [1.807, 2.05) is 0 Å². The zero-order valence-corrected chi connectivity index (χ0v) is 10.0.